The van der Waals surface area contributed by atoms with Gasteiger partial charge in [-0.3, -0.25) is 4.90 Å². The van der Waals surface area contributed by atoms with E-state index in [4.69, 9.17) is 0 Å². The SMILES string of the molecule is CCC1CCCC(NCCN(CC)C2CC2)CC1. The second-order valence-corrected chi connectivity index (χ2v) is 6.29. The molecule has 2 nitrogen and oxygen atoms in total. The van der Waals surface area contributed by atoms with E-state index in [1.165, 1.54) is 71.0 Å². The molecule has 2 atom stereocenters. The fourth-order valence-corrected chi connectivity index (χ4v) is 3.44. The smallest absolute Gasteiger partial charge is 0.0110 e. The Balaban J connectivity index is 1.60. The van der Waals surface area contributed by atoms with Crippen LogP contribution in [0.15, 0.2) is 0 Å². The standard InChI is InChI=1S/C16H32N2/c1-3-14-6-5-7-15(9-8-14)17-12-13-18(4-2)16-10-11-16/h14-17H,3-13H2,1-2H3. The molecule has 2 heteroatoms. The van der Waals surface area contributed by atoms with Gasteiger partial charge < -0.3 is 5.32 Å². The lowest BCUT2D eigenvalue weighted by atomic mass is 9.98. The summed E-state index contributed by atoms with van der Waals surface area (Å²) in [5, 5.41) is 3.81. The second kappa shape index (κ2) is 7.49. The van der Waals surface area contributed by atoms with Crippen molar-refractivity contribution in [2.24, 2.45) is 5.92 Å². The van der Waals surface area contributed by atoms with E-state index in [-0.39, 0.29) is 0 Å². The van der Waals surface area contributed by atoms with Crippen LogP contribution in [0.3, 0.4) is 0 Å². The lowest BCUT2D eigenvalue weighted by Crippen LogP contribution is -2.38. The number of nitrogens with zero attached hydrogens (tertiary/aromatic N) is 1. The Kier molecular flexibility index (Phi) is 5.97. The molecule has 18 heavy (non-hydrogen) atoms. The number of likely N-dealkylation sites (N-methyl/N-ethyl adjacent to an activating group) is 1. The Morgan fingerprint density at radius 2 is 1.83 bits per heavy atom. The molecular formula is C16H32N2. The van der Waals surface area contributed by atoms with E-state index < -0.39 is 0 Å². The molecule has 0 heterocycles. The van der Waals surface area contributed by atoms with Crippen molar-refractivity contribution in [3.63, 3.8) is 0 Å². The highest BCUT2D eigenvalue weighted by atomic mass is 15.2. The van der Waals surface area contributed by atoms with Gasteiger partial charge in [0.05, 0.1) is 0 Å². The Morgan fingerprint density at radius 1 is 1.00 bits per heavy atom. The van der Waals surface area contributed by atoms with Crippen LogP contribution >= 0.6 is 0 Å². The molecule has 2 aliphatic carbocycles. The predicted octanol–water partition coefficient (Wildman–Crippen LogP) is 3.42. The van der Waals surface area contributed by atoms with E-state index in [2.05, 4.69) is 24.1 Å². The fourth-order valence-electron chi connectivity index (χ4n) is 3.44. The van der Waals surface area contributed by atoms with Crippen LogP contribution in [0.25, 0.3) is 0 Å². The van der Waals surface area contributed by atoms with Gasteiger partial charge in [0, 0.05) is 25.2 Å². The molecule has 0 radical (unpaired) electrons. The molecule has 2 rings (SSSR count). The van der Waals surface area contributed by atoms with Gasteiger partial charge >= 0.3 is 0 Å². The molecule has 1 N–H and O–H groups in total. The molecule has 0 spiro atoms. The highest BCUT2D eigenvalue weighted by molar-refractivity contribution is 4.84. The summed E-state index contributed by atoms with van der Waals surface area (Å²) >= 11 is 0. The van der Waals surface area contributed by atoms with Crippen LogP contribution in [0.2, 0.25) is 0 Å². The summed E-state index contributed by atoms with van der Waals surface area (Å²) in [7, 11) is 0. The molecule has 2 fully saturated rings. The van der Waals surface area contributed by atoms with E-state index in [1.54, 1.807) is 0 Å². The normalized spacial score (nSPS) is 29.5. The first-order valence-electron chi connectivity index (χ1n) is 8.30. The molecule has 2 aliphatic rings. The molecule has 0 aliphatic heterocycles. The average Bonchev–Trinajstić information content (AvgIpc) is 3.21. The molecule has 0 bridgehead atoms. The van der Waals surface area contributed by atoms with Crippen molar-refractivity contribution in [3.05, 3.63) is 0 Å². The topological polar surface area (TPSA) is 15.3 Å². The van der Waals surface area contributed by atoms with Gasteiger partial charge in [0.15, 0.2) is 0 Å². The van der Waals surface area contributed by atoms with Gasteiger partial charge in [0.25, 0.3) is 0 Å². The number of nitrogens with one attached hydrogen (secondary N) is 1. The van der Waals surface area contributed by atoms with Gasteiger partial charge in [0.1, 0.15) is 0 Å². The molecule has 2 saturated carbocycles. The largest absolute Gasteiger partial charge is 0.313 e. The van der Waals surface area contributed by atoms with Gasteiger partial charge in [-0.05, 0) is 44.6 Å². The third-order valence-corrected chi connectivity index (χ3v) is 4.97. The molecule has 0 saturated heterocycles. The highest BCUT2D eigenvalue weighted by Crippen LogP contribution is 2.27. The van der Waals surface area contributed by atoms with E-state index in [0.717, 1.165) is 18.0 Å². The lowest BCUT2D eigenvalue weighted by Gasteiger charge is -2.22. The number of rotatable bonds is 7. The summed E-state index contributed by atoms with van der Waals surface area (Å²) < 4.78 is 0. The Labute approximate surface area is 114 Å². The van der Waals surface area contributed by atoms with Crippen LogP contribution in [0.1, 0.15) is 65.2 Å². The Hall–Kier alpha value is -0.0800. The Morgan fingerprint density at radius 3 is 2.50 bits per heavy atom. The first-order chi connectivity index (χ1) is 8.83. The molecule has 0 aromatic rings. The number of hydrogen-bond donors (Lipinski definition) is 1. The maximum absolute atomic E-state index is 3.81. The second-order valence-electron chi connectivity index (χ2n) is 6.29. The molecule has 0 aromatic heterocycles. The summed E-state index contributed by atoms with van der Waals surface area (Å²) in [6.45, 7) is 8.35. The molecular weight excluding hydrogens is 220 g/mol. The van der Waals surface area contributed by atoms with Gasteiger partial charge in [-0.25, -0.2) is 0 Å². The molecule has 0 amide bonds. The molecule has 106 valence electrons. The molecule has 0 aromatic carbocycles. The minimum absolute atomic E-state index is 0.805. The van der Waals surface area contributed by atoms with Crippen molar-refractivity contribution in [1.82, 2.24) is 10.2 Å². The van der Waals surface area contributed by atoms with Crippen molar-refractivity contribution in [2.75, 3.05) is 19.6 Å². The summed E-state index contributed by atoms with van der Waals surface area (Å²) in [6.07, 6.45) is 11.4. The Bertz CT molecular complexity index is 225. The highest BCUT2D eigenvalue weighted by Gasteiger charge is 2.27. The van der Waals surface area contributed by atoms with Crippen LogP contribution < -0.4 is 5.32 Å². The quantitative estimate of drug-likeness (QED) is 0.698. The van der Waals surface area contributed by atoms with Crippen molar-refractivity contribution in [3.8, 4) is 0 Å². The lowest BCUT2D eigenvalue weighted by molar-refractivity contribution is 0.269. The van der Waals surface area contributed by atoms with E-state index in [0.29, 0.717) is 0 Å². The molecule has 2 unspecified atom stereocenters. The summed E-state index contributed by atoms with van der Waals surface area (Å²) in [4.78, 5) is 2.65. The fraction of sp³-hybridized carbons (Fsp3) is 1.00. The van der Waals surface area contributed by atoms with Crippen molar-refractivity contribution in [1.29, 1.82) is 0 Å². The van der Waals surface area contributed by atoms with Crippen LogP contribution in [0.5, 0.6) is 0 Å². The zero-order chi connectivity index (χ0) is 12.8. The van der Waals surface area contributed by atoms with Gasteiger partial charge in [-0.15, -0.1) is 0 Å². The summed E-state index contributed by atoms with van der Waals surface area (Å²) in [6, 6.07) is 1.73. The monoisotopic (exact) mass is 252 g/mol. The minimum atomic E-state index is 0.805. The predicted molar refractivity (Wildman–Crippen MR) is 78.9 cm³/mol. The van der Waals surface area contributed by atoms with Crippen molar-refractivity contribution >= 4 is 0 Å². The van der Waals surface area contributed by atoms with Crippen molar-refractivity contribution in [2.45, 2.75) is 77.3 Å². The summed E-state index contributed by atoms with van der Waals surface area (Å²) in [5.74, 6) is 1.01. The maximum Gasteiger partial charge on any atom is 0.0110 e. The third-order valence-electron chi connectivity index (χ3n) is 4.97. The maximum atomic E-state index is 3.81. The van der Waals surface area contributed by atoms with Crippen LogP contribution in [-0.2, 0) is 0 Å². The van der Waals surface area contributed by atoms with Gasteiger partial charge in [-0.1, -0.05) is 33.1 Å². The van der Waals surface area contributed by atoms with Gasteiger partial charge in [-0.2, -0.15) is 0 Å². The summed E-state index contributed by atoms with van der Waals surface area (Å²) in [5.41, 5.74) is 0. The number of hydrogen-bond acceptors (Lipinski definition) is 2. The van der Waals surface area contributed by atoms with Gasteiger partial charge in [0.2, 0.25) is 0 Å². The van der Waals surface area contributed by atoms with E-state index in [9.17, 15) is 0 Å². The average molecular weight is 252 g/mol. The van der Waals surface area contributed by atoms with Crippen LogP contribution in [0.4, 0.5) is 0 Å². The van der Waals surface area contributed by atoms with Crippen LogP contribution in [-0.4, -0.2) is 36.6 Å². The van der Waals surface area contributed by atoms with Crippen LogP contribution in [0, 0.1) is 5.92 Å². The first kappa shape index (κ1) is 14.3. The zero-order valence-electron chi connectivity index (χ0n) is 12.5. The minimum Gasteiger partial charge on any atom is -0.313 e. The van der Waals surface area contributed by atoms with Crippen molar-refractivity contribution < 1.29 is 0 Å². The third kappa shape index (κ3) is 4.55. The zero-order valence-corrected chi connectivity index (χ0v) is 12.5. The van der Waals surface area contributed by atoms with E-state index >= 15 is 0 Å². The first-order valence-corrected chi connectivity index (χ1v) is 8.30. The van der Waals surface area contributed by atoms with E-state index in [1.807, 2.05) is 0 Å².